The van der Waals surface area contributed by atoms with Crippen LogP contribution in [0.2, 0.25) is 0 Å². The summed E-state index contributed by atoms with van der Waals surface area (Å²) in [7, 11) is 0. The molecule has 104 valence electrons. The molecule has 1 unspecified atom stereocenters. The lowest BCUT2D eigenvalue weighted by Gasteiger charge is -2.24. The van der Waals surface area contributed by atoms with E-state index in [0.29, 0.717) is 23.8 Å². The molecule has 0 spiro atoms. The second-order valence-corrected chi connectivity index (χ2v) is 5.38. The first-order valence-corrected chi connectivity index (χ1v) is 6.96. The number of carbonyl (C=O) groups excluding carboxylic acids is 1. The molecule has 19 heavy (non-hydrogen) atoms. The number of amides is 1. The molecule has 1 aromatic rings. The highest BCUT2D eigenvalue weighted by Gasteiger charge is 2.18. The van der Waals surface area contributed by atoms with Crippen LogP contribution in [-0.4, -0.2) is 36.5 Å². The van der Waals surface area contributed by atoms with Crippen LogP contribution in [-0.2, 0) is 0 Å². The number of nitrogen functional groups attached to an aromatic ring is 1. The van der Waals surface area contributed by atoms with Crippen LogP contribution in [0.3, 0.4) is 0 Å². The van der Waals surface area contributed by atoms with Gasteiger partial charge < -0.3 is 11.1 Å². The summed E-state index contributed by atoms with van der Waals surface area (Å²) in [4.78, 5) is 14.6. The molecular formula is C15H23N3O. The molecule has 1 amide bonds. The minimum atomic E-state index is -0.0106. The first-order chi connectivity index (χ1) is 9.08. The third-order valence-corrected chi connectivity index (χ3v) is 3.82. The van der Waals surface area contributed by atoms with E-state index in [2.05, 4.69) is 17.1 Å². The topological polar surface area (TPSA) is 58.4 Å². The van der Waals surface area contributed by atoms with Gasteiger partial charge in [-0.05, 0) is 63.5 Å². The zero-order valence-electron chi connectivity index (χ0n) is 11.8. The quantitative estimate of drug-likeness (QED) is 0.812. The van der Waals surface area contributed by atoms with Gasteiger partial charge in [-0.25, -0.2) is 0 Å². The predicted molar refractivity (Wildman–Crippen MR) is 78.2 cm³/mol. The number of hydrogen-bond acceptors (Lipinski definition) is 3. The first kappa shape index (κ1) is 13.9. The second kappa shape index (κ2) is 6.06. The number of nitrogens with one attached hydrogen (secondary N) is 1. The fourth-order valence-corrected chi connectivity index (χ4v) is 2.59. The molecule has 0 bridgehead atoms. The van der Waals surface area contributed by atoms with Crippen molar-refractivity contribution in [3.05, 3.63) is 29.3 Å². The molecule has 1 heterocycles. The number of benzene rings is 1. The highest BCUT2D eigenvalue weighted by Crippen LogP contribution is 2.13. The van der Waals surface area contributed by atoms with Gasteiger partial charge in [0.1, 0.15) is 0 Å². The summed E-state index contributed by atoms with van der Waals surface area (Å²) in [6.45, 7) is 7.08. The van der Waals surface area contributed by atoms with Gasteiger partial charge in [0, 0.05) is 23.8 Å². The van der Waals surface area contributed by atoms with Crippen LogP contribution in [0.15, 0.2) is 18.2 Å². The van der Waals surface area contributed by atoms with Crippen molar-refractivity contribution in [3.63, 3.8) is 0 Å². The van der Waals surface area contributed by atoms with Crippen LogP contribution in [0.25, 0.3) is 0 Å². The molecule has 0 radical (unpaired) electrons. The van der Waals surface area contributed by atoms with E-state index >= 15 is 0 Å². The van der Waals surface area contributed by atoms with E-state index in [-0.39, 0.29) is 5.91 Å². The smallest absolute Gasteiger partial charge is 0.251 e. The lowest BCUT2D eigenvalue weighted by atomic mass is 10.1. The number of rotatable bonds is 4. The van der Waals surface area contributed by atoms with Gasteiger partial charge in [-0.1, -0.05) is 0 Å². The van der Waals surface area contributed by atoms with Crippen LogP contribution >= 0.6 is 0 Å². The molecule has 1 aliphatic heterocycles. The number of likely N-dealkylation sites (tertiary alicyclic amines) is 1. The molecule has 2 rings (SSSR count). The maximum absolute atomic E-state index is 12.1. The predicted octanol–water partition coefficient (Wildman–Crippen LogP) is 1.79. The van der Waals surface area contributed by atoms with Crippen molar-refractivity contribution in [2.24, 2.45) is 0 Å². The second-order valence-electron chi connectivity index (χ2n) is 5.38. The average Bonchev–Trinajstić information content (AvgIpc) is 2.89. The van der Waals surface area contributed by atoms with Crippen molar-refractivity contribution in [1.29, 1.82) is 0 Å². The molecule has 1 aromatic carbocycles. The lowest BCUT2D eigenvalue weighted by molar-refractivity contribution is 0.0940. The van der Waals surface area contributed by atoms with E-state index < -0.39 is 0 Å². The SMILES string of the molecule is Cc1cc(N)ccc1C(=O)NCC(C)N1CCCC1. The van der Waals surface area contributed by atoms with Crippen molar-refractivity contribution >= 4 is 11.6 Å². The van der Waals surface area contributed by atoms with Crippen molar-refractivity contribution in [3.8, 4) is 0 Å². The van der Waals surface area contributed by atoms with E-state index in [1.165, 1.54) is 12.8 Å². The third-order valence-electron chi connectivity index (χ3n) is 3.82. The van der Waals surface area contributed by atoms with Gasteiger partial charge in [0.05, 0.1) is 0 Å². The molecule has 1 fully saturated rings. The summed E-state index contributed by atoms with van der Waals surface area (Å²) in [5, 5.41) is 3.01. The molecule has 4 heteroatoms. The molecule has 3 N–H and O–H groups in total. The summed E-state index contributed by atoms with van der Waals surface area (Å²) < 4.78 is 0. The van der Waals surface area contributed by atoms with Gasteiger partial charge >= 0.3 is 0 Å². The molecule has 1 aliphatic rings. The highest BCUT2D eigenvalue weighted by molar-refractivity contribution is 5.96. The fraction of sp³-hybridized carbons (Fsp3) is 0.533. The number of aryl methyl sites for hydroxylation is 1. The molecule has 4 nitrogen and oxygen atoms in total. The lowest BCUT2D eigenvalue weighted by Crippen LogP contribution is -2.40. The Morgan fingerprint density at radius 3 is 2.74 bits per heavy atom. The Labute approximate surface area is 115 Å². The maximum Gasteiger partial charge on any atom is 0.251 e. The van der Waals surface area contributed by atoms with E-state index in [9.17, 15) is 4.79 Å². The third kappa shape index (κ3) is 3.47. The summed E-state index contributed by atoms with van der Waals surface area (Å²) in [6, 6.07) is 5.80. The van der Waals surface area contributed by atoms with Gasteiger partial charge in [0.2, 0.25) is 0 Å². The summed E-state index contributed by atoms with van der Waals surface area (Å²) >= 11 is 0. The molecular weight excluding hydrogens is 238 g/mol. The normalized spacial score (nSPS) is 17.4. The van der Waals surface area contributed by atoms with Gasteiger partial charge in [0.25, 0.3) is 5.91 Å². The number of carbonyl (C=O) groups is 1. The van der Waals surface area contributed by atoms with Gasteiger partial charge in [-0.15, -0.1) is 0 Å². The van der Waals surface area contributed by atoms with Gasteiger partial charge in [0.15, 0.2) is 0 Å². The number of hydrogen-bond donors (Lipinski definition) is 2. The fourth-order valence-electron chi connectivity index (χ4n) is 2.59. The van der Waals surface area contributed by atoms with Gasteiger partial charge in [-0.2, -0.15) is 0 Å². The van der Waals surface area contributed by atoms with Crippen LogP contribution < -0.4 is 11.1 Å². The standard InChI is InChI=1S/C15H23N3O/c1-11-9-13(16)5-6-14(11)15(19)17-10-12(2)18-7-3-4-8-18/h5-6,9,12H,3-4,7-8,10,16H2,1-2H3,(H,17,19). The molecule has 1 saturated heterocycles. The van der Waals surface area contributed by atoms with E-state index in [0.717, 1.165) is 18.7 Å². The Morgan fingerprint density at radius 2 is 2.11 bits per heavy atom. The minimum Gasteiger partial charge on any atom is -0.399 e. The summed E-state index contributed by atoms with van der Waals surface area (Å²) in [5.74, 6) is -0.0106. The number of nitrogens with zero attached hydrogens (tertiary/aromatic N) is 1. The van der Waals surface area contributed by atoms with Crippen molar-refractivity contribution in [1.82, 2.24) is 10.2 Å². The molecule has 1 atom stereocenters. The van der Waals surface area contributed by atoms with Crippen molar-refractivity contribution in [2.45, 2.75) is 32.7 Å². The summed E-state index contributed by atoms with van der Waals surface area (Å²) in [6.07, 6.45) is 2.55. The zero-order valence-corrected chi connectivity index (χ0v) is 11.8. The zero-order chi connectivity index (χ0) is 13.8. The Kier molecular flexibility index (Phi) is 4.43. The Balaban J connectivity index is 1.90. The largest absolute Gasteiger partial charge is 0.399 e. The Morgan fingerprint density at radius 1 is 1.42 bits per heavy atom. The van der Waals surface area contributed by atoms with E-state index in [1.807, 2.05) is 13.0 Å². The first-order valence-electron chi connectivity index (χ1n) is 6.96. The Hall–Kier alpha value is -1.55. The number of anilines is 1. The van der Waals surface area contributed by atoms with Crippen molar-refractivity contribution < 1.29 is 4.79 Å². The van der Waals surface area contributed by atoms with Crippen LogP contribution in [0, 0.1) is 6.92 Å². The number of nitrogens with two attached hydrogens (primary N) is 1. The molecule has 0 saturated carbocycles. The van der Waals surface area contributed by atoms with E-state index in [4.69, 9.17) is 5.73 Å². The van der Waals surface area contributed by atoms with Gasteiger partial charge in [-0.3, -0.25) is 9.69 Å². The Bertz CT molecular complexity index is 453. The highest BCUT2D eigenvalue weighted by atomic mass is 16.1. The average molecular weight is 261 g/mol. The molecule has 0 aromatic heterocycles. The van der Waals surface area contributed by atoms with Crippen LogP contribution in [0.4, 0.5) is 5.69 Å². The monoisotopic (exact) mass is 261 g/mol. The minimum absolute atomic E-state index is 0.0106. The summed E-state index contributed by atoms with van der Waals surface area (Å²) in [5.41, 5.74) is 8.02. The van der Waals surface area contributed by atoms with Crippen LogP contribution in [0.1, 0.15) is 35.7 Å². The van der Waals surface area contributed by atoms with Crippen LogP contribution in [0.5, 0.6) is 0 Å². The van der Waals surface area contributed by atoms with Crippen molar-refractivity contribution in [2.75, 3.05) is 25.4 Å². The molecule has 0 aliphatic carbocycles. The van der Waals surface area contributed by atoms with E-state index in [1.54, 1.807) is 12.1 Å². The maximum atomic E-state index is 12.1.